The lowest BCUT2D eigenvalue weighted by Crippen LogP contribution is -2.03. The van der Waals surface area contributed by atoms with E-state index in [1.807, 2.05) is 6.07 Å². The number of hydrogen-bond donors (Lipinski definition) is 0. The van der Waals surface area contributed by atoms with Crippen molar-refractivity contribution in [1.29, 1.82) is 5.26 Å². The molecule has 0 spiro atoms. The van der Waals surface area contributed by atoms with E-state index in [-0.39, 0.29) is 27.1 Å². The SMILES string of the molecule is N#Cc1ccc(Cl)c(C(=O)CCl)c1Cl. The lowest BCUT2D eigenvalue weighted by atomic mass is 10.1. The summed E-state index contributed by atoms with van der Waals surface area (Å²) in [6.07, 6.45) is 0. The molecule has 0 N–H and O–H groups in total. The molecule has 1 rings (SSSR count). The highest BCUT2D eigenvalue weighted by Gasteiger charge is 2.16. The van der Waals surface area contributed by atoms with E-state index in [0.717, 1.165) is 0 Å². The van der Waals surface area contributed by atoms with Gasteiger partial charge in [0, 0.05) is 0 Å². The molecule has 0 heterocycles. The molecule has 0 bridgehead atoms. The Labute approximate surface area is 96.0 Å². The average molecular weight is 248 g/mol. The number of halogens is 3. The monoisotopic (exact) mass is 247 g/mol. The first-order valence-corrected chi connectivity index (χ1v) is 4.88. The van der Waals surface area contributed by atoms with Crippen molar-refractivity contribution in [1.82, 2.24) is 0 Å². The zero-order valence-electron chi connectivity index (χ0n) is 6.85. The Kier molecular flexibility index (Phi) is 3.77. The molecule has 0 aliphatic heterocycles. The van der Waals surface area contributed by atoms with Crippen LogP contribution < -0.4 is 0 Å². The minimum atomic E-state index is -0.390. The van der Waals surface area contributed by atoms with E-state index < -0.39 is 5.78 Å². The van der Waals surface area contributed by atoms with Gasteiger partial charge >= 0.3 is 0 Å². The molecule has 72 valence electrons. The largest absolute Gasteiger partial charge is 0.293 e. The first-order valence-electron chi connectivity index (χ1n) is 3.59. The van der Waals surface area contributed by atoms with Crippen LogP contribution >= 0.6 is 34.8 Å². The Morgan fingerprint density at radius 1 is 1.43 bits per heavy atom. The minimum absolute atomic E-state index is 0.0608. The van der Waals surface area contributed by atoms with Crippen LogP contribution in [0.4, 0.5) is 0 Å². The molecule has 0 radical (unpaired) electrons. The molecule has 5 heteroatoms. The summed E-state index contributed by atoms with van der Waals surface area (Å²) in [5, 5.41) is 8.94. The van der Waals surface area contributed by atoms with Crippen LogP contribution in [0.25, 0.3) is 0 Å². The Balaban J connectivity index is 3.42. The maximum atomic E-state index is 11.3. The van der Waals surface area contributed by atoms with Gasteiger partial charge in [-0.3, -0.25) is 4.79 Å². The van der Waals surface area contributed by atoms with Crippen LogP contribution in [0.5, 0.6) is 0 Å². The van der Waals surface area contributed by atoms with E-state index in [0.29, 0.717) is 0 Å². The van der Waals surface area contributed by atoms with Gasteiger partial charge in [-0.25, -0.2) is 0 Å². The van der Waals surface area contributed by atoms with E-state index in [1.165, 1.54) is 12.1 Å². The fourth-order valence-electron chi connectivity index (χ4n) is 0.961. The summed E-state index contributed by atoms with van der Waals surface area (Å²) in [6.45, 7) is 0. The van der Waals surface area contributed by atoms with Gasteiger partial charge in [-0.15, -0.1) is 11.6 Å². The smallest absolute Gasteiger partial charge is 0.180 e. The third kappa shape index (κ3) is 2.01. The van der Waals surface area contributed by atoms with Crippen molar-refractivity contribution in [3.63, 3.8) is 0 Å². The fourth-order valence-corrected chi connectivity index (χ4v) is 1.72. The summed E-state index contributed by atoms with van der Waals surface area (Å²) in [4.78, 5) is 11.3. The second-order valence-electron chi connectivity index (χ2n) is 2.45. The van der Waals surface area contributed by atoms with Crippen molar-refractivity contribution in [3.05, 3.63) is 33.3 Å². The number of nitrogens with zero attached hydrogens (tertiary/aromatic N) is 1. The van der Waals surface area contributed by atoms with Crippen molar-refractivity contribution in [2.45, 2.75) is 0 Å². The highest BCUT2D eigenvalue weighted by molar-refractivity contribution is 6.43. The van der Waals surface area contributed by atoms with Crippen LogP contribution in [0.2, 0.25) is 10.0 Å². The maximum Gasteiger partial charge on any atom is 0.180 e. The molecule has 14 heavy (non-hydrogen) atoms. The second kappa shape index (κ2) is 4.65. The summed E-state index contributed by atoms with van der Waals surface area (Å²) in [5.74, 6) is -0.604. The van der Waals surface area contributed by atoms with Crippen molar-refractivity contribution < 1.29 is 4.79 Å². The average Bonchev–Trinajstić information content (AvgIpc) is 2.18. The number of nitriles is 1. The number of rotatable bonds is 2. The number of Topliss-reactive ketones (excluding diaryl/α,β-unsaturated/α-hetero) is 1. The standard InChI is InChI=1S/C9H4Cl3NO/c10-3-7(14)8-6(11)2-1-5(4-13)9(8)12/h1-2H,3H2. The number of carbonyl (C=O) groups excluding carboxylic acids is 1. The van der Waals surface area contributed by atoms with Crippen LogP contribution in [-0.4, -0.2) is 11.7 Å². The number of hydrogen-bond acceptors (Lipinski definition) is 2. The molecule has 0 aromatic heterocycles. The first kappa shape index (κ1) is 11.3. The van der Waals surface area contributed by atoms with Crippen LogP contribution in [0.1, 0.15) is 15.9 Å². The van der Waals surface area contributed by atoms with Crippen LogP contribution in [0, 0.1) is 11.3 Å². The minimum Gasteiger partial charge on any atom is -0.293 e. The Hall–Kier alpha value is -0.750. The summed E-state index contributed by atoms with van der Waals surface area (Å²) in [7, 11) is 0. The zero-order valence-corrected chi connectivity index (χ0v) is 9.12. The molecule has 1 aromatic rings. The number of ketones is 1. The molecular weight excluding hydrogens is 244 g/mol. The maximum absolute atomic E-state index is 11.3. The summed E-state index contributed by atoms with van der Waals surface area (Å²) in [5.41, 5.74) is 0.326. The number of alkyl halides is 1. The molecule has 0 fully saturated rings. The van der Waals surface area contributed by atoms with Gasteiger partial charge < -0.3 is 0 Å². The first-order chi connectivity index (χ1) is 6.61. The quantitative estimate of drug-likeness (QED) is 0.595. The van der Waals surface area contributed by atoms with Crippen molar-refractivity contribution >= 4 is 40.6 Å². The molecule has 0 saturated carbocycles. The van der Waals surface area contributed by atoms with Crippen LogP contribution in [0.15, 0.2) is 12.1 Å². The Morgan fingerprint density at radius 2 is 2.07 bits per heavy atom. The molecule has 0 atom stereocenters. The van der Waals surface area contributed by atoms with Gasteiger partial charge in [0.05, 0.1) is 27.1 Å². The third-order valence-corrected chi connectivity index (χ3v) is 2.56. The van der Waals surface area contributed by atoms with Gasteiger partial charge in [0.15, 0.2) is 5.78 Å². The van der Waals surface area contributed by atoms with E-state index in [1.54, 1.807) is 0 Å². The predicted octanol–water partition coefficient (Wildman–Crippen LogP) is 3.29. The van der Waals surface area contributed by atoms with E-state index in [4.69, 9.17) is 40.1 Å². The molecule has 0 aliphatic rings. The van der Waals surface area contributed by atoms with Crippen molar-refractivity contribution in [2.75, 3.05) is 5.88 Å². The zero-order chi connectivity index (χ0) is 10.7. The molecule has 0 amide bonds. The molecule has 2 nitrogen and oxygen atoms in total. The van der Waals surface area contributed by atoms with E-state index >= 15 is 0 Å². The molecule has 0 saturated heterocycles. The molecule has 1 aromatic carbocycles. The van der Waals surface area contributed by atoms with Gasteiger partial charge in [-0.1, -0.05) is 23.2 Å². The van der Waals surface area contributed by atoms with Gasteiger partial charge in [-0.05, 0) is 12.1 Å². The highest BCUT2D eigenvalue weighted by atomic mass is 35.5. The van der Waals surface area contributed by atoms with Gasteiger partial charge in [0.25, 0.3) is 0 Å². The lowest BCUT2D eigenvalue weighted by molar-refractivity contribution is 0.102. The van der Waals surface area contributed by atoms with Gasteiger partial charge in [0.1, 0.15) is 6.07 Å². The van der Waals surface area contributed by atoms with E-state index in [9.17, 15) is 4.79 Å². The van der Waals surface area contributed by atoms with Crippen molar-refractivity contribution in [3.8, 4) is 6.07 Å². The molecule has 0 aliphatic carbocycles. The van der Waals surface area contributed by atoms with Crippen LogP contribution in [0.3, 0.4) is 0 Å². The van der Waals surface area contributed by atoms with E-state index in [2.05, 4.69) is 0 Å². The molecular formula is C9H4Cl3NO. The van der Waals surface area contributed by atoms with Crippen LogP contribution in [-0.2, 0) is 0 Å². The molecule has 0 unspecified atom stereocenters. The fraction of sp³-hybridized carbons (Fsp3) is 0.111. The predicted molar refractivity (Wildman–Crippen MR) is 56.2 cm³/mol. The number of carbonyl (C=O) groups is 1. The Morgan fingerprint density at radius 3 is 2.57 bits per heavy atom. The second-order valence-corrected chi connectivity index (χ2v) is 3.50. The normalized spacial score (nSPS) is 9.57. The van der Waals surface area contributed by atoms with Gasteiger partial charge in [-0.2, -0.15) is 5.26 Å². The third-order valence-electron chi connectivity index (χ3n) is 1.61. The summed E-state index contributed by atoms with van der Waals surface area (Å²) in [6, 6.07) is 4.76. The topological polar surface area (TPSA) is 40.9 Å². The van der Waals surface area contributed by atoms with Gasteiger partial charge in [0.2, 0.25) is 0 Å². The number of benzene rings is 1. The van der Waals surface area contributed by atoms with Crippen molar-refractivity contribution in [2.24, 2.45) is 0 Å². The summed E-state index contributed by atoms with van der Waals surface area (Å²) < 4.78 is 0. The summed E-state index contributed by atoms with van der Waals surface area (Å²) >= 11 is 16.9. The highest BCUT2D eigenvalue weighted by Crippen LogP contribution is 2.28. The lowest BCUT2D eigenvalue weighted by Gasteiger charge is -2.04. The Bertz CT molecular complexity index is 423.